The highest BCUT2D eigenvalue weighted by molar-refractivity contribution is 14.0. The Bertz CT molecular complexity index is 662. The maximum atomic E-state index is 5.46. The van der Waals surface area contributed by atoms with Gasteiger partial charge in [0.15, 0.2) is 17.5 Å². The van der Waals surface area contributed by atoms with E-state index in [0.717, 1.165) is 29.6 Å². The predicted octanol–water partition coefficient (Wildman–Crippen LogP) is 3.85. The summed E-state index contributed by atoms with van der Waals surface area (Å²) >= 11 is 1.72. The molecule has 1 aromatic carbocycles. The number of methoxy groups -OCH3 is 2. The van der Waals surface area contributed by atoms with E-state index in [4.69, 9.17) is 9.47 Å². The van der Waals surface area contributed by atoms with Crippen LogP contribution in [0.2, 0.25) is 0 Å². The monoisotopic (exact) mass is 475 g/mol. The first-order valence-corrected chi connectivity index (χ1v) is 8.80. The number of thiophene rings is 1. The molecule has 5 nitrogen and oxygen atoms in total. The number of halogens is 1. The largest absolute Gasteiger partial charge is 0.493 e. The fourth-order valence-electron chi connectivity index (χ4n) is 2.42. The van der Waals surface area contributed by atoms with Crippen molar-refractivity contribution in [1.82, 2.24) is 10.6 Å². The normalized spacial score (nSPS) is 12.1. The molecule has 0 aliphatic heterocycles. The summed E-state index contributed by atoms with van der Waals surface area (Å²) in [6.07, 6.45) is 0. The van der Waals surface area contributed by atoms with Gasteiger partial charge in [-0.2, -0.15) is 11.3 Å². The summed E-state index contributed by atoms with van der Waals surface area (Å²) in [4.78, 5) is 4.28. The molecule has 25 heavy (non-hydrogen) atoms. The molecule has 1 heterocycles. The lowest BCUT2D eigenvalue weighted by atomic mass is 10.1. The molecule has 1 aromatic heterocycles. The van der Waals surface area contributed by atoms with E-state index in [9.17, 15) is 0 Å². The molecular formula is C18H26IN3O2S. The van der Waals surface area contributed by atoms with Crippen molar-refractivity contribution < 1.29 is 9.47 Å². The Hall–Kier alpha value is -1.48. The van der Waals surface area contributed by atoms with Crippen LogP contribution in [-0.2, 0) is 6.54 Å². The minimum atomic E-state index is 0. The van der Waals surface area contributed by atoms with Crippen molar-refractivity contribution in [1.29, 1.82) is 0 Å². The zero-order valence-corrected chi connectivity index (χ0v) is 18.2. The van der Waals surface area contributed by atoms with Crippen LogP contribution in [0, 0.1) is 0 Å². The summed E-state index contributed by atoms with van der Waals surface area (Å²) in [5.74, 6) is 2.67. The zero-order valence-electron chi connectivity index (χ0n) is 15.0. The molecule has 0 aliphatic rings. The number of guanidine groups is 1. The van der Waals surface area contributed by atoms with E-state index < -0.39 is 0 Å². The van der Waals surface area contributed by atoms with Gasteiger partial charge in [-0.25, -0.2) is 0 Å². The minimum Gasteiger partial charge on any atom is -0.493 e. The Morgan fingerprint density at radius 1 is 1.20 bits per heavy atom. The number of hydrogen-bond donors (Lipinski definition) is 2. The number of nitrogens with one attached hydrogen (secondary N) is 2. The number of nitrogens with zero attached hydrogens (tertiary/aromatic N) is 1. The molecule has 0 saturated heterocycles. The molecule has 0 aliphatic carbocycles. The third-order valence-corrected chi connectivity index (χ3v) is 4.54. The quantitative estimate of drug-likeness (QED) is 0.363. The number of hydrogen-bond acceptors (Lipinski definition) is 4. The molecule has 2 N–H and O–H groups in total. The van der Waals surface area contributed by atoms with Gasteiger partial charge in [0, 0.05) is 25.7 Å². The third-order valence-electron chi connectivity index (χ3n) is 3.84. The number of benzene rings is 1. The third kappa shape index (κ3) is 6.07. The van der Waals surface area contributed by atoms with Crippen molar-refractivity contribution in [2.24, 2.45) is 4.99 Å². The van der Waals surface area contributed by atoms with Crippen molar-refractivity contribution in [3.8, 4) is 11.5 Å². The van der Waals surface area contributed by atoms with E-state index in [0.29, 0.717) is 12.5 Å². The SMILES string of the molecule is CN=C(NCc1cccc(OC)c1OC)NCC(C)c1ccsc1.I. The Balaban J connectivity index is 0.00000312. The molecule has 0 radical (unpaired) electrons. The van der Waals surface area contributed by atoms with Crippen LogP contribution in [0.15, 0.2) is 40.0 Å². The molecule has 138 valence electrons. The zero-order chi connectivity index (χ0) is 17.4. The first-order chi connectivity index (χ1) is 11.7. The highest BCUT2D eigenvalue weighted by Gasteiger charge is 2.11. The van der Waals surface area contributed by atoms with Crippen LogP contribution in [0.4, 0.5) is 0 Å². The number of aliphatic imine (C=N–C) groups is 1. The Morgan fingerprint density at radius 2 is 2.00 bits per heavy atom. The number of ether oxygens (including phenoxy) is 2. The van der Waals surface area contributed by atoms with Crippen LogP contribution >= 0.6 is 35.3 Å². The average Bonchev–Trinajstić information content (AvgIpc) is 3.15. The van der Waals surface area contributed by atoms with Gasteiger partial charge in [0.25, 0.3) is 0 Å². The maximum absolute atomic E-state index is 5.46. The van der Waals surface area contributed by atoms with Gasteiger partial charge in [0.2, 0.25) is 0 Å². The van der Waals surface area contributed by atoms with Gasteiger partial charge in [-0.3, -0.25) is 4.99 Å². The average molecular weight is 475 g/mol. The molecule has 1 unspecified atom stereocenters. The molecule has 2 rings (SSSR count). The lowest BCUT2D eigenvalue weighted by molar-refractivity contribution is 0.351. The fourth-order valence-corrected chi connectivity index (χ4v) is 3.20. The highest BCUT2D eigenvalue weighted by Crippen LogP contribution is 2.30. The van der Waals surface area contributed by atoms with Gasteiger partial charge in [-0.05, 0) is 34.4 Å². The van der Waals surface area contributed by atoms with Gasteiger partial charge in [-0.1, -0.05) is 19.1 Å². The maximum Gasteiger partial charge on any atom is 0.191 e. The first-order valence-electron chi connectivity index (χ1n) is 7.86. The standard InChI is InChI=1S/C18H25N3O2S.HI/c1-13(15-8-9-24-12-15)10-20-18(19-2)21-11-14-6-5-7-16(22-3)17(14)23-4;/h5-9,12-13H,10-11H2,1-4H3,(H2,19,20,21);1H. The first kappa shape index (κ1) is 21.6. The molecule has 0 fully saturated rings. The van der Waals surface area contributed by atoms with Crippen molar-refractivity contribution >= 4 is 41.3 Å². The summed E-state index contributed by atoms with van der Waals surface area (Å²) in [5, 5.41) is 11.0. The van der Waals surface area contributed by atoms with Crippen molar-refractivity contribution in [3.05, 3.63) is 46.2 Å². The van der Waals surface area contributed by atoms with Gasteiger partial charge >= 0.3 is 0 Å². The fraction of sp³-hybridized carbons (Fsp3) is 0.389. The summed E-state index contributed by atoms with van der Waals surface area (Å²) in [6, 6.07) is 8.01. The van der Waals surface area contributed by atoms with Gasteiger partial charge in [-0.15, -0.1) is 24.0 Å². The Morgan fingerprint density at radius 3 is 2.60 bits per heavy atom. The van der Waals surface area contributed by atoms with Crippen molar-refractivity contribution in [2.45, 2.75) is 19.4 Å². The van der Waals surface area contributed by atoms with E-state index in [-0.39, 0.29) is 24.0 Å². The van der Waals surface area contributed by atoms with E-state index >= 15 is 0 Å². The smallest absolute Gasteiger partial charge is 0.191 e. The van der Waals surface area contributed by atoms with Gasteiger partial charge in [0.1, 0.15) is 0 Å². The second-order valence-corrected chi connectivity index (χ2v) is 6.20. The summed E-state index contributed by atoms with van der Waals surface area (Å²) < 4.78 is 10.8. The van der Waals surface area contributed by atoms with Crippen LogP contribution in [0.5, 0.6) is 11.5 Å². The predicted molar refractivity (Wildman–Crippen MR) is 116 cm³/mol. The van der Waals surface area contributed by atoms with Crippen molar-refractivity contribution in [2.75, 3.05) is 27.8 Å². The lowest BCUT2D eigenvalue weighted by Gasteiger charge is -2.17. The topological polar surface area (TPSA) is 54.9 Å². The number of para-hydroxylation sites is 1. The van der Waals surface area contributed by atoms with Gasteiger partial charge in [0.05, 0.1) is 14.2 Å². The summed E-state index contributed by atoms with van der Waals surface area (Å²) in [5.41, 5.74) is 2.36. The Labute approximate surface area is 170 Å². The van der Waals surface area contributed by atoms with Crippen LogP contribution in [0.1, 0.15) is 24.0 Å². The van der Waals surface area contributed by atoms with E-state index in [1.807, 2.05) is 18.2 Å². The minimum absolute atomic E-state index is 0. The van der Waals surface area contributed by atoms with E-state index in [2.05, 4.69) is 39.4 Å². The lowest BCUT2D eigenvalue weighted by Crippen LogP contribution is -2.38. The van der Waals surface area contributed by atoms with E-state index in [1.165, 1.54) is 5.56 Å². The van der Waals surface area contributed by atoms with Gasteiger partial charge < -0.3 is 20.1 Å². The Kier molecular flexibility index (Phi) is 9.66. The molecule has 2 aromatic rings. The molecule has 0 bridgehead atoms. The second kappa shape index (κ2) is 11.2. The molecular weight excluding hydrogens is 449 g/mol. The number of rotatable bonds is 7. The van der Waals surface area contributed by atoms with Crippen LogP contribution in [0.3, 0.4) is 0 Å². The second-order valence-electron chi connectivity index (χ2n) is 5.42. The van der Waals surface area contributed by atoms with Crippen LogP contribution < -0.4 is 20.1 Å². The van der Waals surface area contributed by atoms with E-state index in [1.54, 1.807) is 32.6 Å². The summed E-state index contributed by atoms with van der Waals surface area (Å²) in [6.45, 7) is 3.63. The van der Waals surface area contributed by atoms with Crippen LogP contribution in [0.25, 0.3) is 0 Å². The summed E-state index contributed by atoms with van der Waals surface area (Å²) in [7, 11) is 5.06. The van der Waals surface area contributed by atoms with Crippen LogP contribution in [-0.4, -0.2) is 33.8 Å². The molecule has 0 spiro atoms. The van der Waals surface area contributed by atoms with Crippen molar-refractivity contribution in [3.63, 3.8) is 0 Å². The molecule has 1 atom stereocenters. The molecule has 7 heteroatoms. The molecule has 0 amide bonds. The molecule has 0 saturated carbocycles. The highest BCUT2D eigenvalue weighted by atomic mass is 127.